The molecule has 0 aliphatic rings. The Morgan fingerprint density at radius 1 is 1.25 bits per heavy atom. The zero-order valence-electron chi connectivity index (χ0n) is 12.0. The third-order valence-corrected chi connectivity index (χ3v) is 2.90. The lowest BCUT2D eigenvalue weighted by Gasteiger charge is -2.18. The summed E-state index contributed by atoms with van der Waals surface area (Å²) in [6.45, 7) is 2.78. The topological polar surface area (TPSA) is 66.8 Å². The molecule has 0 aliphatic heterocycles. The smallest absolute Gasteiger partial charge is 0.409 e. The molecule has 0 saturated heterocycles. The van der Waals surface area contributed by atoms with E-state index >= 15 is 0 Å². The van der Waals surface area contributed by atoms with Crippen LogP contribution in [0.25, 0.3) is 0 Å². The molecular formula is C15H21NO4. The number of rotatable bonds is 7. The molecule has 1 rings (SSSR count). The van der Waals surface area contributed by atoms with Crippen LogP contribution in [0.5, 0.6) is 0 Å². The van der Waals surface area contributed by atoms with Gasteiger partial charge < -0.3 is 14.7 Å². The predicted octanol–water partition coefficient (Wildman–Crippen LogP) is 2.68. The summed E-state index contributed by atoms with van der Waals surface area (Å²) in [5, 5.41) is 8.87. The number of hydrogen-bond donors (Lipinski definition) is 1. The molecule has 20 heavy (non-hydrogen) atoms. The number of benzene rings is 1. The van der Waals surface area contributed by atoms with Gasteiger partial charge in [-0.05, 0) is 17.5 Å². The van der Waals surface area contributed by atoms with Crippen LogP contribution in [0, 0.1) is 0 Å². The summed E-state index contributed by atoms with van der Waals surface area (Å²) < 4.78 is 5.11. The van der Waals surface area contributed by atoms with Gasteiger partial charge in [-0.25, -0.2) is 4.79 Å². The number of amides is 1. The van der Waals surface area contributed by atoms with Gasteiger partial charge in [0, 0.05) is 13.6 Å². The summed E-state index contributed by atoms with van der Waals surface area (Å²) in [5.74, 6) is -0.884. The largest absolute Gasteiger partial charge is 0.481 e. The van der Waals surface area contributed by atoms with Crippen LogP contribution < -0.4 is 0 Å². The molecule has 0 fully saturated rings. The quantitative estimate of drug-likeness (QED) is 0.779. The molecular weight excluding hydrogens is 258 g/mol. The van der Waals surface area contributed by atoms with E-state index in [0.717, 1.165) is 18.4 Å². The van der Waals surface area contributed by atoms with Crippen molar-refractivity contribution in [3.63, 3.8) is 0 Å². The van der Waals surface area contributed by atoms with Gasteiger partial charge in [0.25, 0.3) is 0 Å². The van der Waals surface area contributed by atoms with Crippen LogP contribution in [0.2, 0.25) is 0 Å². The van der Waals surface area contributed by atoms with Gasteiger partial charge in [0.15, 0.2) is 0 Å². The number of carbonyl (C=O) groups is 2. The van der Waals surface area contributed by atoms with Crippen molar-refractivity contribution in [2.45, 2.75) is 32.7 Å². The molecule has 0 spiro atoms. The van der Waals surface area contributed by atoms with Crippen molar-refractivity contribution in [3.8, 4) is 0 Å². The highest BCUT2D eigenvalue weighted by molar-refractivity contribution is 5.71. The van der Waals surface area contributed by atoms with Gasteiger partial charge >= 0.3 is 12.1 Å². The fourth-order valence-electron chi connectivity index (χ4n) is 1.78. The SMILES string of the molecule is CCCCOC(=O)N(C)Cc1ccccc1CC(=O)O. The van der Waals surface area contributed by atoms with Crippen LogP contribution >= 0.6 is 0 Å². The Morgan fingerprint density at radius 3 is 2.50 bits per heavy atom. The number of unbranched alkanes of at least 4 members (excludes halogenated alkanes) is 1. The van der Waals surface area contributed by atoms with Gasteiger partial charge in [0.1, 0.15) is 0 Å². The lowest BCUT2D eigenvalue weighted by Crippen LogP contribution is -2.27. The van der Waals surface area contributed by atoms with E-state index in [0.29, 0.717) is 18.7 Å². The molecule has 0 aromatic heterocycles. The second-order valence-corrected chi connectivity index (χ2v) is 4.66. The molecule has 0 saturated carbocycles. The van der Waals surface area contributed by atoms with Gasteiger partial charge in [0.05, 0.1) is 13.0 Å². The van der Waals surface area contributed by atoms with Crippen molar-refractivity contribution in [1.82, 2.24) is 4.90 Å². The van der Waals surface area contributed by atoms with E-state index in [2.05, 4.69) is 0 Å². The van der Waals surface area contributed by atoms with Crippen LogP contribution in [0.4, 0.5) is 4.79 Å². The first-order valence-electron chi connectivity index (χ1n) is 6.71. The highest BCUT2D eigenvalue weighted by atomic mass is 16.6. The van der Waals surface area contributed by atoms with Crippen molar-refractivity contribution in [1.29, 1.82) is 0 Å². The zero-order valence-corrected chi connectivity index (χ0v) is 12.0. The van der Waals surface area contributed by atoms with Crippen molar-refractivity contribution in [2.75, 3.05) is 13.7 Å². The molecule has 1 aromatic rings. The molecule has 0 atom stereocenters. The van der Waals surface area contributed by atoms with Gasteiger partial charge in [-0.2, -0.15) is 0 Å². The molecule has 0 radical (unpaired) electrons. The summed E-state index contributed by atoms with van der Waals surface area (Å²) in [4.78, 5) is 24.0. The highest BCUT2D eigenvalue weighted by Gasteiger charge is 2.13. The normalized spacial score (nSPS) is 10.1. The molecule has 0 unspecified atom stereocenters. The molecule has 5 nitrogen and oxygen atoms in total. The van der Waals surface area contributed by atoms with Gasteiger partial charge in [-0.3, -0.25) is 4.79 Å². The maximum atomic E-state index is 11.7. The first kappa shape index (κ1) is 16.0. The summed E-state index contributed by atoms with van der Waals surface area (Å²) in [6, 6.07) is 7.21. The molecule has 110 valence electrons. The Kier molecular flexibility index (Phi) is 6.56. The molecule has 1 aromatic carbocycles. The molecule has 0 aliphatic carbocycles. The summed E-state index contributed by atoms with van der Waals surface area (Å²) in [7, 11) is 1.64. The highest BCUT2D eigenvalue weighted by Crippen LogP contribution is 2.12. The van der Waals surface area contributed by atoms with E-state index in [1.807, 2.05) is 19.1 Å². The number of hydrogen-bond acceptors (Lipinski definition) is 3. The minimum atomic E-state index is -0.884. The van der Waals surface area contributed by atoms with Crippen molar-refractivity contribution in [2.24, 2.45) is 0 Å². The lowest BCUT2D eigenvalue weighted by atomic mass is 10.0. The van der Waals surface area contributed by atoms with Crippen LogP contribution in [-0.2, 0) is 22.5 Å². The van der Waals surface area contributed by atoms with Crippen molar-refractivity contribution in [3.05, 3.63) is 35.4 Å². The third-order valence-electron chi connectivity index (χ3n) is 2.90. The predicted molar refractivity (Wildman–Crippen MR) is 75.5 cm³/mol. The molecule has 1 N–H and O–H groups in total. The second kappa shape index (κ2) is 8.19. The number of carboxylic acid groups (broad SMARTS) is 1. The average molecular weight is 279 g/mol. The number of ether oxygens (including phenoxy) is 1. The monoisotopic (exact) mass is 279 g/mol. The van der Waals surface area contributed by atoms with Crippen LogP contribution in [0.3, 0.4) is 0 Å². The second-order valence-electron chi connectivity index (χ2n) is 4.66. The Balaban J connectivity index is 2.63. The Bertz CT molecular complexity index is 459. The maximum absolute atomic E-state index is 11.7. The van der Waals surface area contributed by atoms with Gasteiger partial charge in [0.2, 0.25) is 0 Å². The molecule has 0 bridgehead atoms. The van der Waals surface area contributed by atoms with Crippen molar-refractivity contribution < 1.29 is 19.4 Å². The van der Waals surface area contributed by atoms with E-state index < -0.39 is 5.97 Å². The van der Waals surface area contributed by atoms with E-state index in [9.17, 15) is 9.59 Å². The number of nitrogens with zero attached hydrogens (tertiary/aromatic N) is 1. The Hall–Kier alpha value is -2.04. The molecule has 5 heteroatoms. The third kappa shape index (κ3) is 5.30. The standard InChI is InChI=1S/C15H21NO4/c1-3-4-9-20-15(19)16(2)11-13-8-6-5-7-12(13)10-14(17)18/h5-8H,3-4,9-11H2,1-2H3,(H,17,18). The number of carbonyl (C=O) groups excluding carboxylic acids is 1. The Labute approximate surface area is 119 Å². The van der Waals surface area contributed by atoms with Gasteiger partial charge in [-0.15, -0.1) is 0 Å². The van der Waals surface area contributed by atoms with E-state index in [1.54, 1.807) is 19.2 Å². The molecule has 0 heterocycles. The zero-order chi connectivity index (χ0) is 15.0. The summed E-state index contributed by atoms with van der Waals surface area (Å²) >= 11 is 0. The van der Waals surface area contributed by atoms with Crippen LogP contribution in [-0.4, -0.2) is 35.7 Å². The number of carboxylic acids is 1. The van der Waals surface area contributed by atoms with Crippen LogP contribution in [0.1, 0.15) is 30.9 Å². The van der Waals surface area contributed by atoms with E-state index in [4.69, 9.17) is 9.84 Å². The number of aliphatic carboxylic acids is 1. The fourth-order valence-corrected chi connectivity index (χ4v) is 1.78. The van der Waals surface area contributed by atoms with Gasteiger partial charge in [-0.1, -0.05) is 37.6 Å². The first-order valence-corrected chi connectivity index (χ1v) is 6.71. The minimum absolute atomic E-state index is 0.0467. The van der Waals surface area contributed by atoms with Crippen LogP contribution in [0.15, 0.2) is 24.3 Å². The minimum Gasteiger partial charge on any atom is -0.481 e. The summed E-state index contributed by atoms with van der Waals surface area (Å²) in [5.41, 5.74) is 1.54. The lowest BCUT2D eigenvalue weighted by molar-refractivity contribution is -0.136. The first-order chi connectivity index (χ1) is 9.54. The van der Waals surface area contributed by atoms with E-state index in [1.165, 1.54) is 4.90 Å². The van der Waals surface area contributed by atoms with E-state index in [-0.39, 0.29) is 12.5 Å². The fraction of sp³-hybridized carbons (Fsp3) is 0.467. The average Bonchev–Trinajstić information content (AvgIpc) is 2.40. The maximum Gasteiger partial charge on any atom is 0.409 e. The molecule has 1 amide bonds. The van der Waals surface area contributed by atoms with Crippen molar-refractivity contribution >= 4 is 12.1 Å². The summed E-state index contributed by atoms with van der Waals surface area (Å²) in [6.07, 6.45) is 1.38. The Morgan fingerprint density at radius 2 is 1.90 bits per heavy atom.